The maximum absolute atomic E-state index is 13.3. The Bertz CT molecular complexity index is 778. The molecule has 0 saturated carbocycles. The van der Waals surface area contributed by atoms with Crippen molar-refractivity contribution in [1.82, 2.24) is 9.88 Å². The Kier molecular flexibility index (Phi) is 4.86. The fraction of sp³-hybridized carbons (Fsp3) is 0.455. The first-order valence-corrected chi connectivity index (χ1v) is 9.58. The van der Waals surface area contributed by atoms with Crippen LogP contribution in [0.25, 0.3) is 0 Å². The third kappa shape index (κ3) is 3.43. The average Bonchev–Trinajstić information content (AvgIpc) is 2.62. The molecule has 2 saturated heterocycles. The van der Waals surface area contributed by atoms with Crippen LogP contribution in [0.2, 0.25) is 0 Å². The lowest BCUT2D eigenvalue weighted by molar-refractivity contribution is 0.00889. The first-order valence-electron chi connectivity index (χ1n) is 9.58. The van der Waals surface area contributed by atoms with Crippen molar-refractivity contribution in [3.8, 4) is 0 Å². The van der Waals surface area contributed by atoms with Crippen LogP contribution in [-0.4, -0.2) is 27.8 Å². The molecule has 2 bridgehead atoms. The summed E-state index contributed by atoms with van der Waals surface area (Å²) in [6.07, 6.45) is 6.49. The Morgan fingerprint density at radius 1 is 1.19 bits per heavy atom. The molecule has 1 aromatic heterocycles. The van der Waals surface area contributed by atoms with Crippen LogP contribution in [0.4, 0.5) is 4.39 Å². The summed E-state index contributed by atoms with van der Waals surface area (Å²) in [7, 11) is 0. The van der Waals surface area contributed by atoms with E-state index in [1.165, 1.54) is 18.1 Å². The number of Topliss-reactive ketones (excluding diaryl/α,β-unsaturated/α-hetero) is 1. The van der Waals surface area contributed by atoms with Crippen molar-refractivity contribution in [2.24, 2.45) is 5.92 Å². The summed E-state index contributed by atoms with van der Waals surface area (Å²) in [6, 6.07) is 12.9. The maximum Gasteiger partial charge on any atom is 0.184 e. The fourth-order valence-corrected chi connectivity index (χ4v) is 4.74. The van der Waals surface area contributed by atoms with Crippen molar-refractivity contribution in [3.05, 3.63) is 65.2 Å². The third-order valence-corrected chi connectivity index (χ3v) is 5.98. The van der Waals surface area contributed by atoms with E-state index in [0.29, 0.717) is 23.3 Å². The number of aryl methyl sites for hydroxylation is 1. The first kappa shape index (κ1) is 17.3. The van der Waals surface area contributed by atoms with E-state index in [9.17, 15) is 9.18 Å². The van der Waals surface area contributed by atoms with Gasteiger partial charge in [-0.1, -0.05) is 36.8 Å². The quantitative estimate of drug-likeness (QED) is 0.757. The predicted octanol–water partition coefficient (Wildman–Crippen LogP) is 4.55. The molecule has 2 unspecified atom stereocenters. The maximum atomic E-state index is 13.3. The standard InChI is InChI=1S/C22H25FN2O/c1-15-10-18(23)13-24-21(15)22(26)17-11-19-8-5-9-20(12-17)25(19)14-16-6-3-2-4-7-16/h2-4,6-7,10,13,17,19-20H,5,8-9,11-12,14H2,1H3. The van der Waals surface area contributed by atoms with Gasteiger partial charge in [-0.15, -0.1) is 0 Å². The zero-order valence-corrected chi connectivity index (χ0v) is 15.2. The van der Waals surface area contributed by atoms with Crippen LogP contribution in [0.5, 0.6) is 0 Å². The summed E-state index contributed by atoms with van der Waals surface area (Å²) < 4.78 is 13.3. The summed E-state index contributed by atoms with van der Waals surface area (Å²) >= 11 is 0. The number of piperidine rings is 2. The highest BCUT2D eigenvalue weighted by Crippen LogP contribution is 2.39. The van der Waals surface area contributed by atoms with Crippen LogP contribution >= 0.6 is 0 Å². The van der Waals surface area contributed by atoms with E-state index >= 15 is 0 Å². The highest BCUT2D eigenvalue weighted by atomic mass is 19.1. The van der Waals surface area contributed by atoms with Gasteiger partial charge in [0, 0.05) is 24.5 Å². The molecule has 4 rings (SSSR count). The van der Waals surface area contributed by atoms with Gasteiger partial charge in [-0.2, -0.15) is 0 Å². The molecule has 2 aromatic rings. The number of benzene rings is 1. The highest BCUT2D eigenvalue weighted by Gasteiger charge is 2.41. The minimum atomic E-state index is -0.381. The molecule has 3 nitrogen and oxygen atoms in total. The lowest BCUT2D eigenvalue weighted by Crippen LogP contribution is -2.52. The Hall–Kier alpha value is -2.07. The van der Waals surface area contributed by atoms with E-state index in [0.717, 1.165) is 38.4 Å². The molecule has 1 aromatic carbocycles. The van der Waals surface area contributed by atoms with E-state index in [1.54, 1.807) is 6.92 Å². The van der Waals surface area contributed by atoms with E-state index in [4.69, 9.17) is 0 Å². The summed E-state index contributed by atoms with van der Waals surface area (Å²) in [5.74, 6) is -0.277. The number of halogens is 1. The number of aromatic nitrogens is 1. The minimum Gasteiger partial charge on any atom is -0.293 e. The summed E-state index contributed by atoms with van der Waals surface area (Å²) in [5, 5.41) is 0. The number of nitrogens with zero attached hydrogens (tertiary/aromatic N) is 2. The van der Waals surface area contributed by atoms with Crippen molar-refractivity contribution < 1.29 is 9.18 Å². The number of carbonyl (C=O) groups excluding carboxylic acids is 1. The van der Waals surface area contributed by atoms with Gasteiger partial charge in [0.15, 0.2) is 5.78 Å². The zero-order valence-electron chi connectivity index (χ0n) is 15.2. The van der Waals surface area contributed by atoms with Crippen molar-refractivity contribution in [2.45, 2.75) is 57.7 Å². The second kappa shape index (κ2) is 7.28. The summed E-state index contributed by atoms with van der Waals surface area (Å²) in [5.41, 5.74) is 2.43. The Balaban J connectivity index is 1.51. The average molecular weight is 352 g/mol. The number of fused-ring (bicyclic) bond motifs is 2. The topological polar surface area (TPSA) is 33.2 Å². The number of ketones is 1. The summed E-state index contributed by atoms with van der Waals surface area (Å²) in [4.78, 5) is 19.7. The Labute approximate surface area is 154 Å². The van der Waals surface area contributed by atoms with E-state index < -0.39 is 0 Å². The highest BCUT2D eigenvalue weighted by molar-refractivity contribution is 5.97. The van der Waals surface area contributed by atoms with E-state index in [-0.39, 0.29) is 17.5 Å². The minimum absolute atomic E-state index is 0.00832. The molecule has 0 spiro atoms. The smallest absolute Gasteiger partial charge is 0.184 e. The van der Waals surface area contributed by atoms with Crippen molar-refractivity contribution >= 4 is 5.78 Å². The lowest BCUT2D eigenvalue weighted by atomic mass is 9.75. The first-order chi connectivity index (χ1) is 12.6. The molecule has 4 heteroatoms. The van der Waals surface area contributed by atoms with Gasteiger partial charge in [0.1, 0.15) is 11.5 Å². The predicted molar refractivity (Wildman–Crippen MR) is 99.4 cm³/mol. The molecular weight excluding hydrogens is 327 g/mol. The van der Waals surface area contributed by atoms with Crippen molar-refractivity contribution in [1.29, 1.82) is 0 Å². The molecule has 0 radical (unpaired) electrons. The van der Waals surface area contributed by atoms with Crippen molar-refractivity contribution in [2.75, 3.05) is 0 Å². The van der Waals surface area contributed by atoms with Gasteiger partial charge >= 0.3 is 0 Å². The zero-order chi connectivity index (χ0) is 18.1. The van der Waals surface area contributed by atoms with Gasteiger partial charge in [-0.05, 0) is 49.8 Å². The molecule has 2 atom stereocenters. The van der Waals surface area contributed by atoms with Gasteiger partial charge in [0.2, 0.25) is 0 Å². The molecular formula is C22H25FN2O. The fourth-order valence-electron chi connectivity index (χ4n) is 4.74. The van der Waals surface area contributed by atoms with E-state index in [2.05, 4.69) is 34.1 Å². The van der Waals surface area contributed by atoms with Crippen LogP contribution < -0.4 is 0 Å². The van der Waals surface area contributed by atoms with Crippen LogP contribution in [0.3, 0.4) is 0 Å². The molecule has 0 aliphatic carbocycles. The lowest BCUT2D eigenvalue weighted by Gasteiger charge is -2.48. The molecule has 136 valence electrons. The molecule has 0 amide bonds. The monoisotopic (exact) mass is 352 g/mol. The molecule has 26 heavy (non-hydrogen) atoms. The van der Waals surface area contributed by atoms with Crippen LogP contribution in [0, 0.1) is 18.7 Å². The van der Waals surface area contributed by atoms with Crippen LogP contribution in [0.1, 0.15) is 53.7 Å². The van der Waals surface area contributed by atoms with Gasteiger partial charge in [0.25, 0.3) is 0 Å². The third-order valence-electron chi connectivity index (χ3n) is 5.98. The molecule has 0 N–H and O–H groups in total. The second-order valence-electron chi connectivity index (χ2n) is 7.75. The Morgan fingerprint density at radius 3 is 2.54 bits per heavy atom. The number of rotatable bonds is 4. The summed E-state index contributed by atoms with van der Waals surface area (Å²) in [6.45, 7) is 2.74. The van der Waals surface area contributed by atoms with Gasteiger partial charge < -0.3 is 0 Å². The number of hydrogen-bond donors (Lipinski definition) is 0. The number of pyridine rings is 1. The van der Waals surface area contributed by atoms with Crippen LogP contribution in [0.15, 0.2) is 42.6 Å². The van der Waals surface area contributed by atoms with Gasteiger partial charge in [-0.3, -0.25) is 9.69 Å². The Morgan fingerprint density at radius 2 is 1.88 bits per heavy atom. The molecule has 3 heterocycles. The number of hydrogen-bond acceptors (Lipinski definition) is 3. The van der Waals surface area contributed by atoms with Gasteiger partial charge in [-0.25, -0.2) is 9.37 Å². The van der Waals surface area contributed by atoms with Crippen molar-refractivity contribution in [3.63, 3.8) is 0 Å². The SMILES string of the molecule is Cc1cc(F)cnc1C(=O)C1CC2CCCC(C1)N2Cc1ccccc1. The molecule has 2 aliphatic heterocycles. The van der Waals surface area contributed by atoms with Gasteiger partial charge in [0.05, 0.1) is 6.20 Å². The van der Waals surface area contributed by atoms with Crippen LogP contribution in [-0.2, 0) is 6.54 Å². The molecule has 2 fully saturated rings. The van der Waals surface area contributed by atoms with E-state index in [1.807, 2.05) is 6.07 Å². The number of carbonyl (C=O) groups is 1. The normalized spacial score (nSPS) is 25.8. The molecule has 2 aliphatic rings. The second-order valence-corrected chi connectivity index (χ2v) is 7.75. The largest absolute Gasteiger partial charge is 0.293 e.